The average molecular weight is 158 g/mol. The third-order valence-corrected chi connectivity index (χ3v) is 2.18. The van der Waals surface area contributed by atoms with Crippen LogP contribution in [-0.2, 0) is 4.74 Å². The van der Waals surface area contributed by atoms with Gasteiger partial charge in [0, 0.05) is 18.5 Å². The van der Waals surface area contributed by atoms with Crippen molar-refractivity contribution in [3.05, 3.63) is 0 Å². The minimum absolute atomic E-state index is 0.259. The number of nitrogens with two attached hydrogens (primary N) is 1. The van der Waals surface area contributed by atoms with Gasteiger partial charge in [-0.3, -0.25) is 0 Å². The van der Waals surface area contributed by atoms with E-state index in [0.717, 1.165) is 32.8 Å². The van der Waals surface area contributed by atoms with Crippen molar-refractivity contribution < 1.29 is 4.74 Å². The number of ether oxygens (including phenoxy) is 1. The van der Waals surface area contributed by atoms with Crippen molar-refractivity contribution in [3.8, 4) is 0 Å². The van der Waals surface area contributed by atoms with E-state index in [0.29, 0.717) is 0 Å². The van der Waals surface area contributed by atoms with Crippen LogP contribution >= 0.6 is 0 Å². The largest absolute Gasteiger partial charge is 0.380 e. The van der Waals surface area contributed by atoms with Gasteiger partial charge in [0.1, 0.15) is 0 Å². The van der Waals surface area contributed by atoms with Gasteiger partial charge in [0.15, 0.2) is 0 Å². The second-order valence-electron chi connectivity index (χ2n) is 3.37. The number of nitrogens with one attached hydrogen (secondary N) is 1. The lowest BCUT2D eigenvalue weighted by Crippen LogP contribution is -2.54. The van der Waals surface area contributed by atoms with Crippen LogP contribution in [0.5, 0.6) is 0 Å². The fraction of sp³-hybridized carbons (Fsp3) is 1.00. The molecule has 0 unspecified atom stereocenters. The Balaban J connectivity index is 2.11. The van der Waals surface area contributed by atoms with Crippen molar-refractivity contribution in [3.63, 3.8) is 0 Å². The minimum Gasteiger partial charge on any atom is -0.380 e. The Labute approximate surface area is 68.3 Å². The molecule has 0 aromatic rings. The van der Waals surface area contributed by atoms with Crippen LogP contribution in [-0.4, -0.2) is 32.8 Å². The zero-order valence-electron chi connectivity index (χ0n) is 7.23. The van der Waals surface area contributed by atoms with Gasteiger partial charge in [-0.2, -0.15) is 0 Å². The highest BCUT2D eigenvalue weighted by atomic mass is 16.5. The standard InChI is InChI=1S/C8H18N2O/c1-2-3-10-5-8(4-9)6-11-7-8/h10H,2-7,9H2,1H3. The SMILES string of the molecule is CCCNCC1(CN)COC1. The van der Waals surface area contributed by atoms with Gasteiger partial charge in [-0.05, 0) is 13.0 Å². The average Bonchev–Trinajstić information content (AvgIpc) is 1.95. The van der Waals surface area contributed by atoms with Gasteiger partial charge < -0.3 is 15.8 Å². The molecular weight excluding hydrogens is 140 g/mol. The van der Waals surface area contributed by atoms with Crippen molar-refractivity contribution in [2.75, 3.05) is 32.8 Å². The van der Waals surface area contributed by atoms with E-state index in [4.69, 9.17) is 10.5 Å². The highest BCUT2D eigenvalue weighted by Gasteiger charge is 2.36. The number of hydrogen-bond acceptors (Lipinski definition) is 3. The summed E-state index contributed by atoms with van der Waals surface area (Å²) in [5.41, 5.74) is 5.89. The van der Waals surface area contributed by atoms with Crippen molar-refractivity contribution in [2.24, 2.45) is 11.1 Å². The number of rotatable bonds is 5. The summed E-state index contributed by atoms with van der Waals surface area (Å²) in [5.74, 6) is 0. The highest BCUT2D eigenvalue weighted by molar-refractivity contribution is 4.88. The van der Waals surface area contributed by atoms with E-state index in [2.05, 4.69) is 12.2 Å². The summed E-state index contributed by atoms with van der Waals surface area (Å²) in [4.78, 5) is 0. The third kappa shape index (κ3) is 2.15. The Morgan fingerprint density at radius 3 is 2.64 bits per heavy atom. The van der Waals surface area contributed by atoms with Crippen molar-refractivity contribution >= 4 is 0 Å². The summed E-state index contributed by atoms with van der Waals surface area (Å²) in [6, 6.07) is 0. The van der Waals surface area contributed by atoms with Crippen molar-refractivity contribution in [1.29, 1.82) is 0 Å². The monoisotopic (exact) mass is 158 g/mol. The third-order valence-electron chi connectivity index (χ3n) is 2.18. The van der Waals surface area contributed by atoms with E-state index in [1.54, 1.807) is 0 Å². The highest BCUT2D eigenvalue weighted by Crippen LogP contribution is 2.24. The van der Waals surface area contributed by atoms with E-state index in [1.165, 1.54) is 6.42 Å². The summed E-state index contributed by atoms with van der Waals surface area (Å²) in [5, 5.41) is 3.37. The molecule has 1 rings (SSSR count). The Hall–Kier alpha value is -0.120. The molecule has 11 heavy (non-hydrogen) atoms. The van der Waals surface area contributed by atoms with Gasteiger partial charge in [0.25, 0.3) is 0 Å². The van der Waals surface area contributed by atoms with Gasteiger partial charge in [-0.1, -0.05) is 6.92 Å². The second kappa shape index (κ2) is 4.04. The molecule has 1 saturated heterocycles. The molecule has 3 nitrogen and oxygen atoms in total. The maximum absolute atomic E-state index is 5.63. The fourth-order valence-corrected chi connectivity index (χ4v) is 1.21. The van der Waals surface area contributed by atoms with E-state index < -0.39 is 0 Å². The van der Waals surface area contributed by atoms with Gasteiger partial charge in [0.05, 0.1) is 13.2 Å². The van der Waals surface area contributed by atoms with Crippen LogP contribution in [0.4, 0.5) is 0 Å². The zero-order chi connectivity index (χ0) is 8.16. The first-order valence-electron chi connectivity index (χ1n) is 4.31. The molecule has 0 aromatic heterocycles. The molecular formula is C8H18N2O. The second-order valence-corrected chi connectivity index (χ2v) is 3.37. The molecule has 0 atom stereocenters. The molecule has 0 saturated carbocycles. The van der Waals surface area contributed by atoms with E-state index >= 15 is 0 Å². The minimum atomic E-state index is 0.259. The summed E-state index contributed by atoms with van der Waals surface area (Å²) < 4.78 is 5.14. The molecule has 0 aliphatic carbocycles. The van der Waals surface area contributed by atoms with Crippen molar-refractivity contribution in [1.82, 2.24) is 5.32 Å². The lowest BCUT2D eigenvalue weighted by Gasteiger charge is -2.40. The Bertz CT molecular complexity index is 107. The first-order chi connectivity index (χ1) is 5.33. The molecule has 0 bridgehead atoms. The van der Waals surface area contributed by atoms with Crippen LogP contribution < -0.4 is 11.1 Å². The smallest absolute Gasteiger partial charge is 0.0569 e. The first-order valence-corrected chi connectivity index (χ1v) is 4.31. The lowest BCUT2D eigenvalue weighted by molar-refractivity contribution is -0.104. The summed E-state index contributed by atoms with van der Waals surface area (Å²) in [6.07, 6.45) is 1.18. The van der Waals surface area contributed by atoms with E-state index in [1.807, 2.05) is 0 Å². The maximum atomic E-state index is 5.63. The molecule has 1 fully saturated rings. The van der Waals surface area contributed by atoms with Gasteiger partial charge in [-0.25, -0.2) is 0 Å². The summed E-state index contributed by atoms with van der Waals surface area (Å²) in [7, 11) is 0. The normalized spacial score (nSPS) is 21.3. The predicted octanol–water partition coefficient (Wildman–Crippen LogP) is -0.0387. The molecule has 0 aromatic carbocycles. The zero-order valence-corrected chi connectivity index (χ0v) is 7.23. The topological polar surface area (TPSA) is 47.3 Å². The number of hydrogen-bond donors (Lipinski definition) is 2. The van der Waals surface area contributed by atoms with Crippen LogP contribution in [0.1, 0.15) is 13.3 Å². The maximum Gasteiger partial charge on any atom is 0.0569 e. The summed E-state index contributed by atoms with van der Waals surface area (Å²) >= 11 is 0. The fourth-order valence-electron chi connectivity index (χ4n) is 1.21. The van der Waals surface area contributed by atoms with Crippen LogP contribution in [0.3, 0.4) is 0 Å². The quantitative estimate of drug-likeness (QED) is 0.552. The predicted molar refractivity (Wildman–Crippen MR) is 45.5 cm³/mol. The molecule has 3 heteroatoms. The van der Waals surface area contributed by atoms with Crippen LogP contribution in [0.15, 0.2) is 0 Å². The Morgan fingerprint density at radius 2 is 2.27 bits per heavy atom. The Kier molecular flexibility index (Phi) is 3.30. The molecule has 1 aliphatic rings. The molecule has 1 aliphatic heterocycles. The molecule has 0 spiro atoms. The van der Waals surface area contributed by atoms with Crippen LogP contribution in [0.2, 0.25) is 0 Å². The summed E-state index contributed by atoms with van der Waals surface area (Å²) in [6.45, 7) is 6.67. The van der Waals surface area contributed by atoms with E-state index in [9.17, 15) is 0 Å². The molecule has 3 N–H and O–H groups in total. The molecule has 0 radical (unpaired) electrons. The molecule has 0 amide bonds. The van der Waals surface area contributed by atoms with Crippen molar-refractivity contribution in [2.45, 2.75) is 13.3 Å². The van der Waals surface area contributed by atoms with Gasteiger partial charge in [-0.15, -0.1) is 0 Å². The van der Waals surface area contributed by atoms with Crippen LogP contribution in [0.25, 0.3) is 0 Å². The molecule has 1 heterocycles. The Morgan fingerprint density at radius 1 is 1.55 bits per heavy atom. The van der Waals surface area contributed by atoms with Gasteiger partial charge >= 0.3 is 0 Å². The van der Waals surface area contributed by atoms with E-state index in [-0.39, 0.29) is 5.41 Å². The van der Waals surface area contributed by atoms with Gasteiger partial charge in [0.2, 0.25) is 0 Å². The first kappa shape index (κ1) is 8.97. The van der Waals surface area contributed by atoms with Crippen LogP contribution in [0, 0.1) is 5.41 Å². The molecule has 66 valence electrons. The lowest BCUT2D eigenvalue weighted by atomic mass is 9.86.